The van der Waals surface area contributed by atoms with Crippen molar-refractivity contribution in [3.63, 3.8) is 0 Å². The molecule has 0 heterocycles. The Hall–Kier alpha value is -2.06. The van der Waals surface area contributed by atoms with E-state index in [1.54, 1.807) is 0 Å². The van der Waals surface area contributed by atoms with Gasteiger partial charge < -0.3 is 4.74 Å². The Bertz CT molecular complexity index is 660. The molecule has 0 unspecified atom stereocenters. The van der Waals surface area contributed by atoms with Gasteiger partial charge in [-0.05, 0) is 47.4 Å². The summed E-state index contributed by atoms with van der Waals surface area (Å²) in [5, 5.41) is 0.703. The van der Waals surface area contributed by atoms with E-state index in [1.807, 2.05) is 55.5 Å². The van der Waals surface area contributed by atoms with Crippen LogP contribution in [0.15, 0.2) is 54.6 Å². The minimum absolute atomic E-state index is 0.351. The zero-order valence-corrected chi connectivity index (χ0v) is 12.1. The molecule has 0 spiro atoms. The van der Waals surface area contributed by atoms with Crippen LogP contribution < -0.4 is 0 Å². The summed E-state index contributed by atoms with van der Waals surface area (Å²) in [4.78, 5) is 11.3. The second-order valence-electron chi connectivity index (χ2n) is 4.44. The van der Waals surface area contributed by atoms with E-state index in [1.165, 1.54) is 13.2 Å². The van der Waals surface area contributed by atoms with Crippen molar-refractivity contribution in [2.24, 2.45) is 0 Å². The maximum atomic E-state index is 11.3. The highest BCUT2D eigenvalue weighted by atomic mass is 35.5. The van der Waals surface area contributed by atoms with Gasteiger partial charge in [0, 0.05) is 11.1 Å². The molecule has 0 saturated carbocycles. The predicted octanol–water partition coefficient (Wildman–Crippen LogP) is 4.58. The van der Waals surface area contributed by atoms with Crippen molar-refractivity contribution in [3.8, 4) is 11.1 Å². The van der Waals surface area contributed by atoms with Crippen LogP contribution in [0, 0.1) is 0 Å². The van der Waals surface area contributed by atoms with Gasteiger partial charge >= 0.3 is 5.97 Å². The van der Waals surface area contributed by atoms with E-state index >= 15 is 0 Å². The Kier molecular flexibility index (Phi) is 4.59. The molecule has 0 radical (unpaired) electrons. The number of allylic oxidation sites excluding steroid dienone is 1. The molecule has 20 heavy (non-hydrogen) atoms. The molecule has 0 amide bonds. The summed E-state index contributed by atoms with van der Waals surface area (Å²) in [7, 11) is 1.37. The van der Waals surface area contributed by atoms with Crippen LogP contribution in [0.5, 0.6) is 0 Å². The topological polar surface area (TPSA) is 26.3 Å². The van der Waals surface area contributed by atoms with Gasteiger partial charge in [0.25, 0.3) is 0 Å². The van der Waals surface area contributed by atoms with Gasteiger partial charge in [-0.1, -0.05) is 41.9 Å². The molecule has 3 heteroatoms. The van der Waals surface area contributed by atoms with Crippen LogP contribution in [-0.4, -0.2) is 13.1 Å². The van der Waals surface area contributed by atoms with Crippen LogP contribution in [0.4, 0.5) is 0 Å². The summed E-state index contributed by atoms with van der Waals surface area (Å²) in [5.41, 5.74) is 3.95. The Labute approximate surface area is 123 Å². The van der Waals surface area contributed by atoms with Crippen molar-refractivity contribution in [2.45, 2.75) is 6.92 Å². The first kappa shape index (κ1) is 14.4. The van der Waals surface area contributed by atoms with Crippen molar-refractivity contribution >= 4 is 23.1 Å². The summed E-state index contributed by atoms with van der Waals surface area (Å²) in [5.74, 6) is -0.351. The van der Waals surface area contributed by atoms with Crippen LogP contribution >= 0.6 is 11.6 Å². The SMILES string of the molecule is COC(=O)C=C(C)c1cccc(-c2cccc(Cl)c2)c1. The quantitative estimate of drug-likeness (QED) is 0.610. The van der Waals surface area contributed by atoms with Crippen molar-refractivity contribution in [1.82, 2.24) is 0 Å². The number of carbonyl (C=O) groups excluding carboxylic acids is 1. The highest BCUT2D eigenvalue weighted by molar-refractivity contribution is 6.30. The molecule has 0 aliphatic carbocycles. The standard InChI is InChI=1S/C17H15ClO2/c1-12(9-17(19)20-2)13-5-3-6-14(10-13)15-7-4-8-16(18)11-15/h3-11H,1-2H3. The number of rotatable bonds is 3. The number of hydrogen-bond acceptors (Lipinski definition) is 2. The number of benzene rings is 2. The Morgan fingerprint density at radius 3 is 2.40 bits per heavy atom. The maximum Gasteiger partial charge on any atom is 0.330 e. The maximum absolute atomic E-state index is 11.3. The summed E-state index contributed by atoms with van der Waals surface area (Å²) < 4.78 is 4.64. The molecular formula is C17H15ClO2. The van der Waals surface area contributed by atoms with Gasteiger partial charge in [-0.2, -0.15) is 0 Å². The second-order valence-corrected chi connectivity index (χ2v) is 4.88. The molecule has 0 atom stereocenters. The normalized spacial score (nSPS) is 11.2. The molecule has 0 bridgehead atoms. The lowest BCUT2D eigenvalue weighted by atomic mass is 10.00. The number of esters is 1. The third kappa shape index (κ3) is 3.49. The van der Waals surface area contributed by atoms with E-state index in [-0.39, 0.29) is 5.97 Å². The van der Waals surface area contributed by atoms with E-state index in [0.29, 0.717) is 5.02 Å². The summed E-state index contributed by atoms with van der Waals surface area (Å²) in [6.45, 7) is 1.88. The first-order chi connectivity index (χ1) is 9.60. The molecule has 2 aromatic carbocycles. The fourth-order valence-electron chi connectivity index (χ4n) is 1.93. The lowest BCUT2D eigenvalue weighted by molar-refractivity contribution is -0.134. The fraction of sp³-hybridized carbons (Fsp3) is 0.118. The molecule has 2 aromatic rings. The highest BCUT2D eigenvalue weighted by Crippen LogP contribution is 2.25. The number of methoxy groups -OCH3 is 1. The first-order valence-corrected chi connectivity index (χ1v) is 6.60. The average Bonchev–Trinajstić information content (AvgIpc) is 2.47. The lowest BCUT2D eigenvalue weighted by Gasteiger charge is -2.06. The summed E-state index contributed by atoms with van der Waals surface area (Å²) in [6.07, 6.45) is 1.48. The van der Waals surface area contributed by atoms with Crippen LogP contribution in [0.25, 0.3) is 16.7 Å². The van der Waals surface area contributed by atoms with Crippen molar-refractivity contribution in [1.29, 1.82) is 0 Å². The Morgan fingerprint density at radius 1 is 1.10 bits per heavy atom. The highest BCUT2D eigenvalue weighted by Gasteiger charge is 2.03. The minimum Gasteiger partial charge on any atom is -0.466 e. The van der Waals surface area contributed by atoms with Crippen LogP contribution in [0.1, 0.15) is 12.5 Å². The van der Waals surface area contributed by atoms with Gasteiger partial charge in [-0.25, -0.2) is 4.79 Å². The number of halogens is 1. The van der Waals surface area contributed by atoms with Gasteiger partial charge in [0.15, 0.2) is 0 Å². The molecular weight excluding hydrogens is 272 g/mol. The molecule has 0 N–H and O–H groups in total. The monoisotopic (exact) mass is 286 g/mol. The van der Waals surface area contributed by atoms with E-state index < -0.39 is 0 Å². The summed E-state index contributed by atoms with van der Waals surface area (Å²) in [6, 6.07) is 15.6. The molecule has 2 rings (SSSR count). The van der Waals surface area contributed by atoms with Crippen LogP contribution in [-0.2, 0) is 9.53 Å². The van der Waals surface area contributed by atoms with Crippen molar-refractivity contribution in [2.75, 3.05) is 7.11 Å². The van der Waals surface area contributed by atoms with Crippen LogP contribution in [0.3, 0.4) is 0 Å². The number of hydrogen-bond donors (Lipinski definition) is 0. The Morgan fingerprint density at radius 2 is 1.75 bits per heavy atom. The molecule has 0 aliphatic heterocycles. The largest absolute Gasteiger partial charge is 0.466 e. The van der Waals surface area contributed by atoms with E-state index in [0.717, 1.165) is 22.3 Å². The number of carbonyl (C=O) groups is 1. The third-order valence-corrected chi connectivity index (χ3v) is 3.25. The molecule has 2 nitrogen and oxygen atoms in total. The predicted molar refractivity (Wildman–Crippen MR) is 82.6 cm³/mol. The Balaban J connectivity index is 2.38. The first-order valence-electron chi connectivity index (χ1n) is 6.23. The number of ether oxygens (including phenoxy) is 1. The van der Waals surface area contributed by atoms with Gasteiger partial charge in [-0.15, -0.1) is 0 Å². The van der Waals surface area contributed by atoms with Gasteiger partial charge in [0.2, 0.25) is 0 Å². The molecule has 0 fully saturated rings. The zero-order valence-electron chi connectivity index (χ0n) is 11.4. The van der Waals surface area contributed by atoms with E-state index in [2.05, 4.69) is 4.74 Å². The average molecular weight is 287 g/mol. The van der Waals surface area contributed by atoms with E-state index in [9.17, 15) is 4.79 Å². The molecule has 102 valence electrons. The zero-order chi connectivity index (χ0) is 14.5. The third-order valence-electron chi connectivity index (χ3n) is 3.01. The van der Waals surface area contributed by atoms with Crippen molar-refractivity contribution in [3.05, 3.63) is 65.2 Å². The van der Waals surface area contributed by atoms with Gasteiger partial charge in [0.1, 0.15) is 0 Å². The van der Waals surface area contributed by atoms with Crippen molar-refractivity contribution < 1.29 is 9.53 Å². The van der Waals surface area contributed by atoms with E-state index in [4.69, 9.17) is 11.6 Å². The molecule has 0 aromatic heterocycles. The van der Waals surface area contributed by atoms with Crippen LogP contribution in [0.2, 0.25) is 5.02 Å². The summed E-state index contributed by atoms with van der Waals surface area (Å²) >= 11 is 6.01. The minimum atomic E-state index is -0.351. The second kappa shape index (κ2) is 6.40. The molecule has 0 saturated heterocycles. The van der Waals surface area contributed by atoms with Gasteiger partial charge in [-0.3, -0.25) is 0 Å². The fourth-order valence-corrected chi connectivity index (χ4v) is 2.12. The molecule has 0 aliphatic rings. The van der Waals surface area contributed by atoms with Gasteiger partial charge in [0.05, 0.1) is 7.11 Å². The lowest BCUT2D eigenvalue weighted by Crippen LogP contribution is -1.95. The smallest absolute Gasteiger partial charge is 0.330 e.